The summed E-state index contributed by atoms with van der Waals surface area (Å²) in [4.78, 5) is 2.40. The lowest BCUT2D eigenvalue weighted by molar-refractivity contribution is 0.0314. The standard InChI is InChI=1S/C18H26ClN5O4S/c1-3-24-17(14(2)22-29(25,26)16-6-4-15(19)5-7-16)20-21-18(24)28-13-10-23-8-11-27-12-9-23/h4-7,14,22H,3,8-13H2,1-2H3/t14-/m1/s1. The molecule has 2 aromatic rings. The van der Waals surface area contributed by atoms with Crippen molar-refractivity contribution in [1.82, 2.24) is 24.4 Å². The fourth-order valence-electron chi connectivity index (χ4n) is 3.08. The Labute approximate surface area is 176 Å². The van der Waals surface area contributed by atoms with Gasteiger partial charge in [0.25, 0.3) is 0 Å². The molecule has 0 aliphatic carbocycles. The molecule has 1 atom stereocenters. The lowest BCUT2D eigenvalue weighted by atomic mass is 10.3. The van der Waals surface area contributed by atoms with E-state index in [2.05, 4.69) is 19.8 Å². The van der Waals surface area contributed by atoms with Gasteiger partial charge in [0, 0.05) is 31.2 Å². The van der Waals surface area contributed by atoms with E-state index in [0.29, 0.717) is 30.0 Å². The summed E-state index contributed by atoms with van der Waals surface area (Å²) in [6.07, 6.45) is 0. The van der Waals surface area contributed by atoms with Crippen molar-refractivity contribution in [3.63, 3.8) is 0 Å². The third-order valence-electron chi connectivity index (χ3n) is 4.65. The topological polar surface area (TPSA) is 98.6 Å². The molecule has 1 N–H and O–H groups in total. The van der Waals surface area contributed by atoms with Crippen molar-refractivity contribution in [2.45, 2.75) is 31.3 Å². The minimum Gasteiger partial charge on any atom is -0.462 e. The van der Waals surface area contributed by atoms with Crippen LogP contribution in [0.5, 0.6) is 6.01 Å². The zero-order chi connectivity index (χ0) is 20.9. The van der Waals surface area contributed by atoms with Gasteiger partial charge in [0.15, 0.2) is 5.82 Å². The summed E-state index contributed by atoms with van der Waals surface area (Å²) in [7, 11) is -3.72. The fourth-order valence-corrected chi connectivity index (χ4v) is 4.41. The number of hydrogen-bond acceptors (Lipinski definition) is 7. The van der Waals surface area contributed by atoms with E-state index in [1.54, 1.807) is 11.5 Å². The van der Waals surface area contributed by atoms with Gasteiger partial charge in [-0.3, -0.25) is 9.47 Å². The number of aromatic nitrogens is 3. The quantitative estimate of drug-likeness (QED) is 0.629. The highest BCUT2D eigenvalue weighted by molar-refractivity contribution is 7.89. The zero-order valence-corrected chi connectivity index (χ0v) is 18.1. The van der Waals surface area contributed by atoms with Crippen molar-refractivity contribution in [2.75, 3.05) is 39.5 Å². The summed E-state index contributed by atoms with van der Waals surface area (Å²) in [5.41, 5.74) is 0. The summed E-state index contributed by atoms with van der Waals surface area (Å²) in [6, 6.07) is 5.79. The molecule has 2 heterocycles. The molecular formula is C18H26ClN5O4S. The molecule has 1 aromatic carbocycles. The van der Waals surface area contributed by atoms with Crippen molar-refractivity contribution in [3.8, 4) is 6.01 Å². The van der Waals surface area contributed by atoms with E-state index in [1.807, 2.05) is 6.92 Å². The van der Waals surface area contributed by atoms with E-state index in [0.717, 1.165) is 32.8 Å². The number of hydrogen-bond donors (Lipinski definition) is 1. The molecule has 1 aromatic heterocycles. The van der Waals surface area contributed by atoms with Gasteiger partial charge in [0.2, 0.25) is 10.0 Å². The first-order valence-corrected chi connectivity index (χ1v) is 11.4. The monoisotopic (exact) mass is 443 g/mol. The first-order chi connectivity index (χ1) is 13.9. The lowest BCUT2D eigenvalue weighted by Crippen LogP contribution is -2.38. The number of ether oxygens (including phenoxy) is 2. The second-order valence-corrected chi connectivity index (χ2v) is 8.83. The van der Waals surface area contributed by atoms with Crippen LogP contribution in [0.25, 0.3) is 0 Å². The minimum absolute atomic E-state index is 0.137. The predicted molar refractivity (Wildman–Crippen MR) is 109 cm³/mol. The first kappa shape index (κ1) is 22.0. The Morgan fingerprint density at radius 1 is 1.24 bits per heavy atom. The predicted octanol–water partition coefficient (Wildman–Crippen LogP) is 1.70. The van der Waals surface area contributed by atoms with Gasteiger partial charge in [-0.05, 0) is 38.1 Å². The maximum Gasteiger partial charge on any atom is 0.317 e. The fraction of sp³-hybridized carbons (Fsp3) is 0.556. The third-order valence-corrected chi connectivity index (χ3v) is 6.46. The van der Waals surface area contributed by atoms with Gasteiger partial charge in [-0.15, -0.1) is 5.10 Å². The Hall–Kier alpha value is -1.72. The van der Waals surface area contributed by atoms with Crippen LogP contribution in [0.2, 0.25) is 5.02 Å². The normalized spacial score (nSPS) is 16.7. The lowest BCUT2D eigenvalue weighted by Gasteiger charge is -2.26. The van der Waals surface area contributed by atoms with E-state index in [-0.39, 0.29) is 4.90 Å². The molecule has 29 heavy (non-hydrogen) atoms. The molecule has 1 aliphatic rings. The van der Waals surface area contributed by atoms with Crippen LogP contribution < -0.4 is 9.46 Å². The average Bonchev–Trinajstić information content (AvgIpc) is 3.12. The SMILES string of the molecule is CCn1c(OCCN2CCOCC2)nnc1[C@@H](C)NS(=O)(=O)c1ccc(Cl)cc1. The Balaban J connectivity index is 1.64. The smallest absolute Gasteiger partial charge is 0.317 e. The molecule has 0 bridgehead atoms. The van der Waals surface area contributed by atoms with Crippen LogP contribution in [0.15, 0.2) is 29.2 Å². The molecule has 3 rings (SSSR count). The van der Waals surface area contributed by atoms with Crippen molar-refractivity contribution >= 4 is 21.6 Å². The van der Waals surface area contributed by atoms with Crippen molar-refractivity contribution in [2.24, 2.45) is 0 Å². The maximum absolute atomic E-state index is 12.6. The molecule has 0 unspecified atom stereocenters. The average molecular weight is 444 g/mol. The summed E-state index contributed by atoms with van der Waals surface area (Å²) in [5.74, 6) is 0.492. The molecular weight excluding hydrogens is 418 g/mol. The number of nitrogens with one attached hydrogen (secondary N) is 1. The van der Waals surface area contributed by atoms with Crippen LogP contribution in [0.3, 0.4) is 0 Å². The number of morpholine rings is 1. The first-order valence-electron chi connectivity index (χ1n) is 9.54. The Kier molecular flexibility index (Phi) is 7.47. The second kappa shape index (κ2) is 9.86. The van der Waals surface area contributed by atoms with Crippen molar-refractivity contribution in [3.05, 3.63) is 35.1 Å². The van der Waals surface area contributed by atoms with Gasteiger partial charge < -0.3 is 9.47 Å². The van der Waals surface area contributed by atoms with Crippen molar-refractivity contribution < 1.29 is 17.9 Å². The largest absolute Gasteiger partial charge is 0.462 e. The van der Waals surface area contributed by atoms with Crippen LogP contribution >= 0.6 is 11.6 Å². The van der Waals surface area contributed by atoms with E-state index in [9.17, 15) is 8.42 Å². The summed E-state index contributed by atoms with van der Waals surface area (Å²) in [6.45, 7) is 8.71. The van der Waals surface area contributed by atoms with Crippen LogP contribution in [0, 0.1) is 0 Å². The molecule has 0 saturated carbocycles. The number of nitrogens with zero attached hydrogens (tertiary/aromatic N) is 4. The summed E-state index contributed by atoms with van der Waals surface area (Å²) >= 11 is 5.84. The van der Waals surface area contributed by atoms with Gasteiger partial charge in [0.1, 0.15) is 6.61 Å². The number of sulfonamides is 1. The minimum atomic E-state index is -3.72. The third kappa shape index (κ3) is 5.67. The van der Waals surface area contributed by atoms with E-state index < -0.39 is 16.1 Å². The summed E-state index contributed by atoms with van der Waals surface area (Å²) in [5, 5.41) is 8.72. The highest BCUT2D eigenvalue weighted by atomic mass is 35.5. The maximum atomic E-state index is 12.6. The second-order valence-electron chi connectivity index (χ2n) is 6.68. The number of benzene rings is 1. The number of halogens is 1. The molecule has 1 aliphatic heterocycles. The molecule has 1 fully saturated rings. The van der Waals surface area contributed by atoms with Gasteiger partial charge in [0.05, 0.1) is 24.2 Å². The Bertz CT molecular complexity index is 897. The van der Waals surface area contributed by atoms with Crippen molar-refractivity contribution in [1.29, 1.82) is 0 Å². The molecule has 9 nitrogen and oxygen atoms in total. The Morgan fingerprint density at radius 2 is 1.93 bits per heavy atom. The van der Waals surface area contributed by atoms with E-state index >= 15 is 0 Å². The van der Waals surface area contributed by atoms with Crippen LogP contribution in [0.4, 0.5) is 0 Å². The van der Waals surface area contributed by atoms with Crippen LogP contribution in [0.1, 0.15) is 25.7 Å². The van der Waals surface area contributed by atoms with E-state index in [4.69, 9.17) is 21.1 Å². The molecule has 0 amide bonds. The van der Waals surface area contributed by atoms with Crippen LogP contribution in [-0.4, -0.2) is 67.5 Å². The van der Waals surface area contributed by atoms with Gasteiger partial charge in [-0.2, -0.15) is 0 Å². The molecule has 0 spiro atoms. The Morgan fingerprint density at radius 3 is 2.59 bits per heavy atom. The van der Waals surface area contributed by atoms with Crippen LogP contribution in [-0.2, 0) is 21.3 Å². The molecule has 1 saturated heterocycles. The molecule has 160 valence electrons. The number of rotatable bonds is 9. The molecule has 11 heteroatoms. The zero-order valence-electron chi connectivity index (χ0n) is 16.5. The van der Waals surface area contributed by atoms with Gasteiger partial charge in [-0.25, -0.2) is 13.1 Å². The highest BCUT2D eigenvalue weighted by Gasteiger charge is 2.24. The molecule has 0 radical (unpaired) electrons. The highest BCUT2D eigenvalue weighted by Crippen LogP contribution is 2.20. The van der Waals surface area contributed by atoms with Gasteiger partial charge in [-0.1, -0.05) is 16.7 Å². The van der Waals surface area contributed by atoms with Gasteiger partial charge >= 0.3 is 6.01 Å². The van der Waals surface area contributed by atoms with E-state index in [1.165, 1.54) is 24.3 Å². The summed E-state index contributed by atoms with van der Waals surface area (Å²) < 4.78 is 40.8.